The van der Waals surface area contributed by atoms with Crippen LogP contribution >= 0.6 is 0 Å². The van der Waals surface area contributed by atoms with E-state index in [0.29, 0.717) is 16.7 Å². The number of hydrogen-bond donors (Lipinski definition) is 1. The van der Waals surface area contributed by atoms with Gasteiger partial charge in [0.2, 0.25) is 5.91 Å². The summed E-state index contributed by atoms with van der Waals surface area (Å²) in [5.74, 6) is -0.916. The van der Waals surface area contributed by atoms with E-state index >= 15 is 0 Å². The summed E-state index contributed by atoms with van der Waals surface area (Å²) in [4.78, 5) is 36.7. The molecule has 0 saturated heterocycles. The monoisotopic (exact) mass is 488 g/mol. The van der Waals surface area contributed by atoms with Crippen LogP contribution in [0.1, 0.15) is 49.1 Å². The Labute approximate surface area is 209 Å². The molecule has 1 atom stereocenters. The lowest BCUT2D eigenvalue weighted by molar-refractivity contribution is -0.308. The largest absolute Gasteiger partial charge is 0.548 e. The van der Waals surface area contributed by atoms with E-state index in [-0.39, 0.29) is 25.2 Å². The van der Waals surface area contributed by atoms with Gasteiger partial charge in [-0.1, -0.05) is 44.2 Å². The van der Waals surface area contributed by atoms with Gasteiger partial charge in [-0.05, 0) is 56.7 Å². The number of rotatable bonds is 8. The highest BCUT2D eigenvalue weighted by molar-refractivity contribution is 6.05. The lowest BCUT2D eigenvalue weighted by Gasteiger charge is -2.21. The Balaban J connectivity index is 1.71. The van der Waals surface area contributed by atoms with Crippen molar-refractivity contribution in [3.8, 4) is 11.1 Å². The van der Waals surface area contributed by atoms with E-state index in [0.717, 1.165) is 38.8 Å². The van der Waals surface area contributed by atoms with Crippen molar-refractivity contribution in [3.05, 3.63) is 69.3 Å². The molecule has 7 nitrogen and oxygen atoms in total. The Kier molecular flexibility index (Phi) is 7.02. The van der Waals surface area contributed by atoms with Gasteiger partial charge in [-0.15, -0.1) is 0 Å². The average Bonchev–Trinajstić information content (AvgIpc) is 3.16. The summed E-state index contributed by atoms with van der Waals surface area (Å²) in [6.45, 7) is 9.37. The Morgan fingerprint density at radius 2 is 1.64 bits per heavy atom. The molecule has 0 aliphatic heterocycles. The van der Waals surface area contributed by atoms with Gasteiger partial charge in [0.05, 0.1) is 12.0 Å². The van der Waals surface area contributed by atoms with E-state index in [9.17, 15) is 19.5 Å². The fourth-order valence-corrected chi connectivity index (χ4v) is 4.82. The van der Waals surface area contributed by atoms with Gasteiger partial charge in [-0.25, -0.2) is 4.79 Å². The molecule has 4 rings (SSSR count). The van der Waals surface area contributed by atoms with Gasteiger partial charge >= 0.3 is 5.63 Å². The topological polar surface area (TPSA) is 113 Å². The highest BCUT2D eigenvalue weighted by Crippen LogP contribution is 2.39. The first-order chi connectivity index (χ1) is 17.1. The smallest absolute Gasteiger partial charge is 0.339 e. The van der Waals surface area contributed by atoms with E-state index in [1.807, 2.05) is 71.0 Å². The molecular weight excluding hydrogens is 458 g/mol. The summed E-state index contributed by atoms with van der Waals surface area (Å²) in [7, 11) is 0. The molecule has 1 amide bonds. The van der Waals surface area contributed by atoms with E-state index in [1.54, 1.807) is 0 Å². The van der Waals surface area contributed by atoms with Crippen LogP contribution in [0.15, 0.2) is 50.0 Å². The second-order valence-electron chi connectivity index (χ2n) is 9.72. The number of hydrogen-bond acceptors (Lipinski definition) is 6. The van der Waals surface area contributed by atoms with Gasteiger partial charge in [0.15, 0.2) is 0 Å². The highest BCUT2D eigenvalue weighted by Gasteiger charge is 2.22. The average molecular weight is 489 g/mol. The molecule has 188 valence electrons. The second kappa shape index (κ2) is 10.0. The minimum atomic E-state index is -1.32. The molecule has 4 aromatic rings. The van der Waals surface area contributed by atoms with Crippen molar-refractivity contribution in [2.75, 3.05) is 0 Å². The molecule has 0 saturated carbocycles. The minimum Gasteiger partial charge on any atom is -0.548 e. The van der Waals surface area contributed by atoms with Crippen LogP contribution in [0.4, 0.5) is 0 Å². The number of carboxylic acid groups (broad SMARTS) is 1. The van der Waals surface area contributed by atoms with Crippen LogP contribution in [0.5, 0.6) is 0 Å². The Bertz CT molecular complexity index is 1510. The molecule has 2 aromatic carbocycles. The van der Waals surface area contributed by atoms with Gasteiger partial charge in [-0.2, -0.15) is 0 Å². The van der Waals surface area contributed by atoms with Gasteiger partial charge in [0.1, 0.15) is 16.9 Å². The van der Waals surface area contributed by atoms with Crippen molar-refractivity contribution in [1.82, 2.24) is 5.32 Å². The standard InChI is InChI=1S/C29H31NO6/c1-15(2)13-23(28(32)33)30-24(31)12-11-20-16(3)21-14-22-25(19-9-7-6-8-10-19)18(5)35-27(22)17(4)26(21)36-29(20)34/h6-10,14-15,23H,11-13H2,1-5H3,(H,30,31)(H,32,33)/p-1/t23-/m0/s1. The van der Waals surface area contributed by atoms with E-state index in [1.165, 1.54) is 0 Å². The summed E-state index contributed by atoms with van der Waals surface area (Å²) >= 11 is 0. The van der Waals surface area contributed by atoms with Crippen LogP contribution in [0.25, 0.3) is 33.1 Å². The van der Waals surface area contributed by atoms with Gasteiger partial charge in [0, 0.05) is 33.9 Å². The maximum absolute atomic E-state index is 12.9. The number of aryl methyl sites for hydroxylation is 3. The zero-order chi connectivity index (χ0) is 26.1. The first-order valence-corrected chi connectivity index (χ1v) is 12.1. The van der Waals surface area contributed by atoms with Crippen LogP contribution in [0, 0.1) is 26.7 Å². The number of aliphatic carboxylic acids is 1. The van der Waals surface area contributed by atoms with Crippen molar-refractivity contribution < 1.29 is 23.5 Å². The first-order valence-electron chi connectivity index (χ1n) is 12.1. The zero-order valence-electron chi connectivity index (χ0n) is 21.2. The van der Waals surface area contributed by atoms with Crippen molar-refractivity contribution in [2.45, 2.75) is 59.9 Å². The first kappa shape index (κ1) is 25.2. The molecule has 0 radical (unpaired) electrons. The van der Waals surface area contributed by atoms with Crippen molar-refractivity contribution in [1.29, 1.82) is 0 Å². The Morgan fingerprint density at radius 3 is 2.28 bits per heavy atom. The third-order valence-electron chi connectivity index (χ3n) is 6.62. The molecule has 7 heteroatoms. The molecule has 0 spiro atoms. The molecule has 0 aliphatic carbocycles. The summed E-state index contributed by atoms with van der Waals surface area (Å²) in [6.07, 6.45) is 0.360. The molecule has 1 N–H and O–H groups in total. The number of nitrogens with one attached hydrogen (secondary N) is 1. The quantitative estimate of drug-likeness (QED) is 0.369. The van der Waals surface area contributed by atoms with E-state index in [4.69, 9.17) is 8.83 Å². The van der Waals surface area contributed by atoms with Crippen LogP contribution in [0.2, 0.25) is 0 Å². The van der Waals surface area contributed by atoms with Crippen molar-refractivity contribution in [3.63, 3.8) is 0 Å². The van der Waals surface area contributed by atoms with Crippen LogP contribution in [-0.2, 0) is 16.0 Å². The molecule has 0 aliphatic rings. The normalized spacial score (nSPS) is 12.4. The van der Waals surface area contributed by atoms with E-state index < -0.39 is 23.5 Å². The summed E-state index contributed by atoms with van der Waals surface area (Å²) in [6, 6.07) is 10.9. The third-order valence-corrected chi connectivity index (χ3v) is 6.62. The zero-order valence-corrected chi connectivity index (χ0v) is 21.2. The summed E-state index contributed by atoms with van der Waals surface area (Å²) in [5.41, 5.74) is 4.50. The number of carboxylic acids is 1. The lowest BCUT2D eigenvalue weighted by atomic mass is 9.96. The number of benzene rings is 2. The maximum Gasteiger partial charge on any atom is 0.339 e. The van der Waals surface area contributed by atoms with Gasteiger partial charge in [-0.3, -0.25) is 4.79 Å². The fraction of sp³-hybridized carbons (Fsp3) is 0.345. The SMILES string of the molecule is Cc1oc2c(C)c3oc(=O)c(CCC(=O)N[C@@H](CC(C)C)C(=O)[O-])c(C)c3cc2c1-c1ccccc1. The molecule has 2 heterocycles. The van der Waals surface area contributed by atoms with Gasteiger partial charge in [0.25, 0.3) is 0 Å². The predicted molar refractivity (Wildman–Crippen MR) is 137 cm³/mol. The number of amides is 1. The summed E-state index contributed by atoms with van der Waals surface area (Å²) in [5, 5.41) is 15.6. The lowest BCUT2D eigenvalue weighted by Crippen LogP contribution is -2.48. The number of carbonyl (C=O) groups excluding carboxylic acids is 2. The minimum absolute atomic E-state index is 0.0414. The highest BCUT2D eigenvalue weighted by atomic mass is 16.4. The number of fused-ring (bicyclic) bond motifs is 2. The van der Waals surface area contributed by atoms with Crippen molar-refractivity contribution in [2.24, 2.45) is 5.92 Å². The predicted octanol–water partition coefficient (Wildman–Crippen LogP) is 4.34. The van der Waals surface area contributed by atoms with E-state index in [2.05, 4.69) is 5.32 Å². The maximum atomic E-state index is 12.9. The van der Waals surface area contributed by atoms with Crippen LogP contribution < -0.4 is 16.0 Å². The molecule has 0 bridgehead atoms. The Hall–Kier alpha value is -3.87. The number of carbonyl (C=O) groups is 2. The fourth-order valence-electron chi connectivity index (χ4n) is 4.82. The van der Waals surface area contributed by atoms with Crippen molar-refractivity contribution >= 4 is 33.8 Å². The van der Waals surface area contributed by atoms with Gasteiger partial charge < -0.3 is 24.1 Å². The molecule has 2 aromatic heterocycles. The van der Waals surface area contributed by atoms with Crippen LogP contribution in [-0.4, -0.2) is 17.9 Å². The molecule has 0 unspecified atom stereocenters. The third kappa shape index (κ3) is 4.78. The molecular formula is C29H30NO6-. The summed E-state index contributed by atoms with van der Waals surface area (Å²) < 4.78 is 11.8. The second-order valence-corrected chi connectivity index (χ2v) is 9.72. The Morgan fingerprint density at radius 1 is 0.972 bits per heavy atom. The molecule has 0 fully saturated rings. The number of furan rings is 1. The van der Waals surface area contributed by atoms with Crippen LogP contribution in [0.3, 0.4) is 0 Å². The molecule has 36 heavy (non-hydrogen) atoms.